The third-order valence-corrected chi connectivity index (χ3v) is 9.55. The van der Waals surface area contributed by atoms with Crippen molar-refractivity contribution < 1.29 is 41.3 Å². The first-order valence-electron chi connectivity index (χ1n) is 15.4. The number of nitrogens with one attached hydrogen (secondary N) is 1. The second-order valence-corrected chi connectivity index (χ2v) is 12.6. The number of halogens is 1. The van der Waals surface area contributed by atoms with E-state index in [2.05, 4.69) is 5.32 Å². The first kappa shape index (κ1) is 36.5. The van der Waals surface area contributed by atoms with Crippen LogP contribution in [0.5, 0.6) is 23.0 Å². The fraction of sp³-hybridized carbons (Fsp3) is 0.278. The Morgan fingerprint density at radius 3 is 2.08 bits per heavy atom. The van der Waals surface area contributed by atoms with Crippen LogP contribution in [-0.4, -0.2) is 72.7 Å². The van der Waals surface area contributed by atoms with E-state index in [0.717, 1.165) is 9.87 Å². The molecule has 1 atom stereocenters. The van der Waals surface area contributed by atoms with E-state index in [0.29, 0.717) is 11.5 Å². The summed E-state index contributed by atoms with van der Waals surface area (Å²) in [4.78, 5) is 29.3. The van der Waals surface area contributed by atoms with Crippen molar-refractivity contribution >= 4 is 27.5 Å². The molecule has 0 fully saturated rings. The Hall–Kier alpha value is -5.30. The van der Waals surface area contributed by atoms with E-state index in [1.165, 1.54) is 81.9 Å². The molecule has 0 aliphatic rings. The van der Waals surface area contributed by atoms with E-state index < -0.39 is 40.2 Å². The largest absolute Gasteiger partial charge is 0.497 e. The smallest absolute Gasteiger partial charge is 0.265 e. The predicted octanol–water partition coefficient (Wildman–Crippen LogP) is 4.83. The molecular formula is C36H40FN3O8S. The summed E-state index contributed by atoms with van der Waals surface area (Å²) in [5.41, 5.74) is 0.884. The lowest BCUT2D eigenvalue weighted by Gasteiger charge is -2.34. The summed E-state index contributed by atoms with van der Waals surface area (Å²) < 4.78 is 66.7. The Balaban J connectivity index is 1.90. The Labute approximate surface area is 286 Å². The van der Waals surface area contributed by atoms with Gasteiger partial charge in [-0.2, -0.15) is 0 Å². The summed E-state index contributed by atoms with van der Waals surface area (Å²) >= 11 is 0. The van der Waals surface area contributed by atoms with Gasteiger partial charge in [0.2, 0.25) is 11.8 Å². The molecule has 0 heterocycles. The van der Waals surface area contributed by atoms with E-state index in [1.807, 2.05) is 18.2 Å². The van der Waals surface area contributed by atoms with Crippen LogP contribution >= 0.6 is 0 Å². The number of hydrogen-bond acceptors (Lipinski definition) is 8. The van der Waals surface area contributed by atoms with Gasteiger partial charge in [0.05, 0.1) is 39.0 Å². The number of likely N-dealkylation sites (N-methyl/N-ethyl adjacent to an activating group) is 1. The second kappa shape index (κ2) is 16.7. The SMILES string of the molecule is CCNC(=O)C(Cc1ccccc1)N(Cc1ccccc1F)C(=O)CN(c1cc(OC)ccc1OC)S(=O)(=O)c1ccc(OC)c(OC)c1. The van der Waals surface area contributed by atoms with Gasteiger partial charge < -0.3 is 29.2 Å². The maximum absolute atomic E-state index is 15.1. The lowest BCUT2D eigenvalue weighted by atomic mass is 10.0. The molecule has 0 radical (unpaired) electrons. The van der Waals surface area contributed by atoms with Crippen LogP contribution in [0.2, 0.25) is 0 Å². The normalized spacial score (nSPS) is 11.6. The molecule has 2 amide bonds. The molecule has 11 nitrogen and oxygen atoms in total. The monoisotopic (exact) mass is 693 g/mol. The second-order valence-electron chi connectivity index (χ2n) is 10.8. The third-order valence-electron chi connectivity index (χ3n) is 7.80. The minimum absolute atomic E-state index is 0.00607. The van der Waals surface area contributed by atoms with Crippen molar-refractivity contribution in [2.75, 3.05) is 45.8 Å². The Morgan fingerprint density at radius 1 is 0.796 bits per heavy atom. The van der Waals surface area contributed by atoms with Crippen LogP contribution in [0.4, 0.5) is 10.1 Å². The van der Waals surface area contributed by atoms with Gasteiger partial charge in [0.1, 0.15) is 29.9 Å². The number of sulfonamides is 1. The van der Waals surface area contributed by atoms with Gasteiger partial charge in [-0.1, -0.05) is 48.5 Å². The lowest BCUT2D eigenvalue weighted by Crippen LogP contribution is -2.53. The summed E-state index contributed by atoms with van der Waals surface area (Å²) in [5.74, 6) is -0.976. The van der Waals surface area contributed by atoms with Gasteiger partial charge >= 0.3 is 0 Å². The van der Waals surface area contributed by atoms with Gasteiger partial charge in [-0.3, -0.25) is 13.9 Å². The molecule has 1 unspecified atom stereocenters. The molecule has 1 N–H and O–H groups in total. The molecule has 4 aromatic carbocycles. The van der Waals surface area contributed by atoms with Crippen LogP contribution in [0.3, 0.4) is 0 Å². The van der Waals surface area contributed by atoms with Crippen molar-refractivity contribution in [3.05, 3.63) is 108 Å². The molecule has 13 heteroatoms. The zero-order valence-corrected chi connectivity index (χ0v) is 28.8. The summed E-state index contributed by atoms with van der Waals surface area (Å²) in [7, 11) is 1.02. The molecule has 4 rings (SSSR count). The summed E-state index contributed by atoms with van der Waals surface area (Å²) in [6, 6.07) is 22.4. The maximum Gasteiger partial charge on any atom is 0.265 e. The highest BCUT2D eigenvalue weighted by Crippen LogP contribution is 2.38. The van der Waals surface area contributed by atoms with Crippen LogP contribution in [-0.2, 0) is 32.6 Å². The van der Waals surface area contributed by atoms with Gasteiger partial charge in [-0.25, -0.2) is 12.8 Å². The number of carbonyl (C=O) groups excluding carboxylic acids is 2. The van der Waals surface area contributed by atoms with E-state index in [4.69, 9.17) is 18.9 Å². The molecule has 0 spiro atoms. The predicted molar refractivity (Wildman–Crippen MR) is 183 cm³/mol. The van der Waals surface area contributed by atoms with Crippen LogP contribution in [0.15, 0.2) is 95.9 Å². The average Bonchev–Trinajstić information content (AvgIpc) is 3.12. The van der Waals surface area contributed by atoms with Crippen molar-refractivity contribution in [2.45, 2.75) is 30.8 Å². The summed E-state index contributed by atoms with van der Waals surface area (Å²) in [6.07, 6.45) is 0.0811. The van der Waals surface area contributed by atoms with Crippen molar-refractivity contribution in [3.63, 3.8) is 0 Å². The molecule has 0 saturated carbocycles. The molecule has 0 aliphatic carbocycles. The summed E-state index contributed by atoms with van der Waals surface area (Å²) in [5, 5.41) is 2.78. The number of hydrogen-bond donors (Lipinski definition) is 1. The van der Waals surface area contributed by atoms with Crippen LogP contribution in [0.1, 0.15) is 18.1 Å². The number of benzene rings is 4. The summed E-state index contributed by atoms with van der Waals surface area (Å²) in [6.45, 7) is 0.901. The zero-order chi connectivity index (χ0) is 35.6. The first-order valence-corrected chi connectivity index (χ1v) is 16.8. The van der Waals surface area contributed by atoms with E-state index >= 15 is 4.39 Å². The number of nitrogens with zero attached hydrogens (tertiary/aromatic N) is 2. The van der Waals surface area contributed by atoms with Gasteiger partial charge in [-0.05, 0) is 42.8 Å². The third kappa shape index (κ3) is 8.60. The standard InChI is InChI=1S/C36H40FN3O8S/c1-6-38-36(42)31(20-25-12-8-7-9-13-25)39(23-26-14-10-11-15-29(26)37)35(41)24-40(30-21-27(45-2)16-18-32(30)46-3)49(43,44)28-17-19-33(47-4)34(22-28)48-5/h7-19,21-22,31H,6,20,23-24H2,1-5H3,(H,38,42). The maximum atomic E-state index is 15.1. The van der Waals surface area contributed by atoms with Crippen molar-refractivity contribution in [2.24, 2.45) is 0 Å². The molecule has 0 bridgehead atoms. The minimum Gasteiger partial charge on any atom is -0.497 e. The molecule has 0 saturated heterocycles. The molecular weight excluding hydrogens is 653 g/mol. The van der Waals surface area contributed by atoms with Crippen LogP contribution in [0, 0.1) is 5.82 Å². The van der Waals surface area contributed by atoms with Gasteiger partial charge in [0.15, 0.2) is 11.5 Å². The van der Waals surface area contributed by atoms with Gasteiger partial charge in [0.25, 0.3) is 10.0 Å². The highest BCUT2D eigenvalue weighted by Gasteiger charge is 2.36. The molecule has 0 aliphatic heterocycles. The number of methoxy groups -OCH3 is 4. The number of ether oxygens (including phenoxy) is 4. The minimum atomic E-state index is -4.55. The Kier molecular flexibility index (Phi) is 12.4. The fourth-order valence-electron chi connectivity index (χ4n) is 5.27. The zero-order valence-electron chi connectivity index (χ0n) is 28.0. The molecule has 4 aromatic rings. The Bertz CT molecular complexity index is 1860. The van der Waals surface area contributed by atoms with Crippen molar-refractivity contribution in [3.8, 4) is 23.0 Å². The fourth-order valence-corrected chi connectivity index (χ4v) is 6.70. The number of amides is 2. The first-order chi connectivity index (χ1) is 23.6. The van der Waals surface area contributed by atoms with Crippen LogP contribution in [0.25, 0.3) is 0 Å². The van der Waals surface area contributed by atoms with Gasteiger partial charge in [-0.15, -0.1) is 0 Å². The Morgan fingerprint density at radius 2 is 1.45 bits per heavy atom. The van der Waals surface area contributed by atoms with Crippen LogP contribution < -0.4 is 28.6 Å². The number of rotatable bonds is 16. The highest BCUT2D eigenvalue weighted by molar-refractivity contribution is 7.92. The average molecular weight is 694 g/mol. The van der Waals surface area contributed by atoms with E-state index in [9.17, 15) is 18.0 Å². The number of anilines is 1. The molecule has 0 aromatic heterocycles. The lowest BCUT2D eigenvalue weighted by molar-refractivity contribution is -0.140. The van der Waals surface area contributed by atoms with Gasteiger partial charge in [0, 0.05) is 37.2 Å². The molecule has 260 valence electrons. The van der Waals surface area contributed by atoms with E-state index in [-0.39, 0.29) is 47.2 Å². The topological polar surface area (TPSA) is 124 Å². The van der Waals surface area contributed by atoms with Crippen molar-refractivity contribution in [1.82, 2.24) is 10.2 Å². The quantitative estimate of drug-likeness (QED) is 0.177. The van der Waals surface area contributed by atoms with E-state index in [1.54, 1.807) is 31.2 Å². The van der Waals surface area contributed by atoms with Crippen molar-refractivity contribution in [1.29, 1.82) is 0 Å². The molecule has 49 heavy (non-hydrogen) atoms. The number of carbonyl (C=O) groups is 2. The highest BCUT2D eigenvalue weighted by atomic mass is 32.2.